The van der Waals surface area contributed by atoms with Crippen LogP contribution in [0.1, 0.15) is 39.5 Å². The van der Waals surface area contributed by atoms with E-state index in [0.29, 0.717) is 0 Å². The van der Waals surface area contributed by atoms with Crippen LogP contribution in [0.3, 0.4) is 0 Å². The molecule has 1 heterocycles. The van der Waals surface area contributed by atoms with Gasteiger partial charge >= 0.3 is 0 Å². The molecule has 0 aromatic carbocycles. The minimum atomic E-state index is -1.44. The van der Waals surface area contributed by atoms with Crippen molar-refractivity contribution in [3.05, 3.63) is 18.7 Å². The number of carboxylic acid groups (broad SMARTS) is 1. The number of aryl methyl sites for hydroxylation is 2. The van der Waals surface area contributed by atoms with Gasteiger partial charge in [0, 0.05) is 0 Å². The fraction of sp³-hybridized carbons (Fsp3) is 0.692. The largest absolute Gasteiger partial charge is 0.547 e. The van der Waals surface area contributed by atoms with Crippen LogP contribution in [-0.2, 0) is 18.4 Å². The van der Waals surface area contributed by atoms with Crippen molar-refractivity contribution < 1.29 is 19.6 Å². The van der Waals surface area contributed by atoms with Crippen LogP contribution in [0.4, 0.5) is 0 Å². The molecule has 104 valence electrons. The van der Waals surface area contributed by atoms with Crippen molar-refractivity contribution in [2.24, 2.45) is 7.05 Å². The van der Waals surface area contributed by atoms with Gasteiger partial charge in [-0.15, -0.1) is 0 Å². The molecule has 0 aliphatic carbocycles. The van der Waals surface area contributed by atoms with E-state index in [1.54, 1.807) is 0 Å². The SMILES string of the molecule is CCCCCCn1cc[n+](C)c1.C[C@H](O)C(=O)[O-]. The zero-order valence-corrected chi connectivity index (χ0v) is 11.5. The number of carboxylic acids is 1. The molecule has 1 aromatic heterocycles. The molecule has 0 fully saturated rings. The van der Waals surface area contributed by atoms with Crippen molar-refractivity contribution in [2.45, 2.75) is 52.2 Å². The summed E-state index contributed by atoms with van der Waals surface area (Å²) in [5, 5.41) is 17.3. The third kappa shape index (κ3) is 8.75. The maximum absolute atomic E-state index is 9.34. The number of hydrogen-bond acceptors (Lipinski definition) is 3. The van der Waals surface area contributed by atoms with E-state index in [4.69, 9.17) is 5.11 Å². The molecule has 5 nitrogen and oxygen atoms in total. The molecule has 1 N–H and O–H groups in total. The lowest BCUT2D eigenvalue weighted by Gasteiger charge is -2.00. The number of nitrogens with zero attached hydrogens (tertiary/aromatic N) is 2. The summed E-state index contributed by atoms with van der Waals surface area (Å²) in [4.78, 5) is 9.34. The minimum Gasteiger partial charge on any atom is -0.547 e. The summed E-state index contributed by atoms with van der Waals surface area (Å²) in [6.07, 6.45) is 10.4. The summed E-state index contributed by atoms with van der Waals surface area (Å²) in [5.74, 6) is -1.44. The van der Waals surface area contributed by atoms with Crippen LogP contribution in [-0.4, -0.2) is 21.7 Å². The van der Waals surface area contributed by atoms with Gasteiger partial charge in [0.15, 0.2) is 0 Å². The first-order chi connectivity index (χ1) is 8.47. The number of aliphatic carboxylic acids is 1. The van der Waals surface area contributed by atoms with Crippen molar-refractivity contribution in [1.29, 1.82) is 0 Å². The second kappa shape index (κ2) is 9.65. The molecule has 0 amide bonds. The summed E-state index contributed by atoms with van der Waals surface area (Å²) in [6, 6.07) is 0. The topological polar surface area (TPSA) is 69.2 Å². The number of aliphatic hydroxyl groups excluding tert-OH is 1. The second-order valence-corrected chi connectivity index (χ2v) is 4.37. The maximum atomic E-state index is 9.34. The predicted octanol–water partition coefficient (Wildman–Crippen LogP) is 0.0100. The number of aromatic nitrogens is 2. The molecule has 0 aliphatic heterocycles. The Morgan fingerprint density at radius 2 is 2.06 bits per heavy atom. The average molecular weight is 256 g/mol. The molecular weight excluding hydrogens is 232 g/mol. The molecule has 5 heteroatoms. The van der Waals surface area contributed by atoms with E-state index in [-0.39, 0.29) is 0 Å². The number of rotatable bonds is 6. The van der Waals surface area contributed by atoms with Gasteiger partial charge < -0.3 is 15.0 Å². The van der Waals surface area contributed by atoms with Gasteiger partial charge in [0.25, 0.3) is 0 Å². The number of imidazole rings is 1. The first-order valence-corrected chi connectivity index (χ1v) is 6.37. The third-order valence-corrected chi connectivity index (χ3v) is 2.43. The fourth-order valence-corrected chi connectivity index (χ4v) is 1.36. The van der Waals surface area contributed by atoms with Crippen molar-refractivity contribution in [3.63, 3.8) is 0 Å². The number of carbonyl (C=O) groups excluding carboxylic acids is 1. The molecule has 0 bridgehead atoms. The maximum Gasteiger partial charge on any atom is 0.243 e. The quantitative estimate of drug-likeness (QED) is 0.576. The van der Waals surface area contributed by atoms with Crippen LogP contribution < -0.4 is 9.67 Å². The van der Waals surface area contributed by atoms with E-state index in [0.717, 1.165) is 6.92 Å². The van der Waals surface area contributed by atoms with Gasteiger partial charge in [-0.1, -0.05) is 19.8 Å². The lowest BCUT2D eigenvalue weighted by Crippen LogP contribution is -2.32. The summed E-state index contributed by atoms with van der Waals surface area (Å²) in [7, 11) is 2.06. The molecule has 0 saturated heterocycles. The normalized spacial score (nSPS) is 11.6. The van der Waals surface area contributed by atoms with E-state index < -0.39 is 12.1 Å². The highest BCUT2D eigenvalue weighted by Gasteiger charge is 1.98. The van der Waals surface area contributed by atoms with E-state index in [1.165, 1.54) is 32.2 Å². The van der Waals surface area contributed by atoms with Crippen LogP contribution >= 0.6 is 0 Å². The smallest absolute Gasteiger partial charge is 0.243 e. The van der Waals surface area contributed by atoms with Gasteiger partial charge in [-0.2, -0.15) is 0 Å². The lowest BCUT2D eigenvalue weighted by molar-refractivity contribution is -0.671. The van der Waals surface area contributed by atoms with E-state index in [9.17, 15) is 9.90 Å². The molecule has 18 heavy (non-hydrogen) atoms. The van der Waals surface area contributed by atoms with Gasteiger partial charge in [0.1, 0.15) is 12.4 Å². The average Bonchev–Trinajstić information content (AvgIpc) is 2.71. The molecule has 1 aromatic rings. The van der Waals surface area contributed by atoms with Crippen LogP contribution in [0.25, 0.3) is 0 Å². The Kier molecular flexibility index (Phi) is 8.92. The van der Waals surface area contributed by atoms with Crippen molar-refractivity contribution in [1.82, 2.24) is 4.57 Å². The van der Waals surface area contributed by atoms with Gasteiger partial charge in [0.2, 0.25) is 6.33 Å². The first-order valence-electron chi connectivity index (χ1n) is 6.37. The molecule has 0 radical (unpaired) electrons. The summed E-state index contributed by atoms with van der Waals surface area (Å²) in [6.45, 7) is 4.55. The third-order valence-electron chi connectivity index (χ3n) is 2.43. The van der Waals surface area contributed by atoms with Gasteiger partial charge in [-0.3, -0.25) is 0 Å². The van der Waals surface area contributed by atoms with Gasteiger partial charge in [-0.05, 0) is 19.8 Å². The van der Waals surface area contributed by atoms with Crippen LogP contribution in [0.2, 0.25) is 0 Å². The Bertz CT molecular complexity index is 335. The predicted molar refractivity (Wildman–Crippen MR) is 66.4 cm³/mol. The highest BCUT2D eigenvalue weighted by atomic mass is 16.4. The Morgan fingerprint density at radius 3 is 2.44 bits per heavy atom. The zero-order valence-electron chi connectivity index (χ0n) is 11.5. The summed E-state index contributed by atoms with van der Waals surface area (Å²) < 4.78 is 4.33. The fourth-order valence-electron chi connectivity index (χ4n) is 1.36. The first kappa shape index (κ1) is 16.6. The monoisotopic (exact) mass is 256 g/mol. The summed E-state index contributed by atoms with van der Waals surface area (Å²) in [5.41, 5.74) is 0. The van der Waals surface area contributed by atoms with Crippen molar-refractivity contribution >= 4 is 5.97 Å². The molecule has 0 unspecified atom stereocenters. The van der Waals surface area contributed by atoms with E-state index in [2.05, 4.69) is 41.8 Å². The summed E-state index contributed by atoms with van der Waals surface area (Å²) >= 11 is 0. The van der Waals surface area contributed by atoms with Gasteiger partial charge in [0.05, 0.1) is 25.7 Å². The molecular formula is C13H24N2O3. The Balaban J connectivity index is 0.000000411. The standard InChI is InChI=1S/C10H19N2.C3H6O3/c1-3-4-5-6-7-12-9-8-11(2)10-12;1-2(4)3(5)6/h8-10H,3-7H2,1-2H3;2,4H,1H3,(H,5,6)/q+1;/p-1/t;2-/m.0/s1. The molecule has 0 saturated carbocycles. The number of hydrogen-bond donors (Lipinski definition) is 1. The highest BCUT2D eigenvalue weighted by Crippen LogP contribution is 2.00. The van der Waals surface area contributed by atoms with E-state index >= 15 is 0 Å². The van der Waals surface area contributed by atoms with Crippen LogP contribution in [0.5, 0.6) is 0 Å². The number of unbranched alkanes of at least 4 members (excludes halogenated alkanes) is 3. The Hall–Kier alpha value is -1.36. The van der Waals surface area contributed by atoms with E-state index in [1.807, 2.05) is 0 Å². The molecule has 0 aliphatic rings. The molecule has 1 rings (SSSR count). The molecule has 0 spiro atoms. The minimum absolute atomic E-state index is 1.13. The number of aliphatic hydroxyl groups is 1. The Labute approximate surface area is 109 Å². The Morgan fingerprint density at radius 1 is 1.44 bits per heavy atom. The number of carbonyl (C=O) groups is 1. The van der Waals surface area contributed by atoms with Crippen molar-refractivity contribution in [3.8, 4) is 0 Å². The highest BCUT2D eigenvalue weighted by molar-refractivity contribution is 5.68. The van der Waals surface area contributed by atoms with Crippen LogP contribution in [0.15, 0.2) is 18.7 Å². The van der Waals surface area contributed by atoms with Gasteiger partial charge in [-0.25, -0.2) is 9.13 Å². The molecule has 1 atom stereocenters. The van der Waals surface area contributed by atoms with Crippen molar-refractivity contribution in [2.75, 3.05) is 0 Å². The van der Waals surface area contributed by atoms with Crippen LogP contribution in [0, 0.1) is 0 Å². The second-order valence-electron chi connectivity index (χ2n) is 4.37. The zero-order chi connectivity index (χ0) is 14.0. The lowest BCUT2D eigenvalue weighted by atomic mass is 10.2.